The van der Waals surface area contributed by atoms with Crippen molar-refractivity contribution in [3.8, 4) is 11.1 Å². The molecule has 1 aromatic heterocycles. The van der Waals surface area contributed by atoms with Crippen molar-refractivity contribution in [2.75, 3.05) is 6.54 Å². The lowest BCUT2D eigenvalue weighted by atomic mass is 10.0. The van der Waals surface area contributed by atoms with E-state index in [-0.39, 0.29) is 24.2 Å². The van der Waals surface area contributed by atoms with Crippen LogP contribution in [0.25, 0.3) is 11.1 Å². The van der Waals surface area contributed by atoms with Gasteiger partial charge in [0.2, 0.25) is 5.91 Å². The van der Waals surface area contributed by atoms with Crippen molar-refractivity contribution in [1.29, 1.82) is 0 Å². The molecule has 0 radical (unpaired) electrons. The van der Waals surface area contributed by atoms with E-state index in [2.05, 4.69) is 24.3 Å². The lowest BCUT2D eigenvalue weighted by Gasteiger charge is -2.25. The summed E-state index contributed by atoms with van der Waals surface area (Å²) in [6.45, 7) is 2.71. The van der Waals surface area contributed by atoms with Gasteiger partial charge in [-0.2, -0.15) is 0 Å². The van der Waals surface area contributed by atoms with Crippen LogP contribution in [0.15, 0.2) is 66.7 Å². The van der Waals surface area contributed by atoms with E-state index in [1.807, 2.05) is 30.0 Å². The summed E-state index contributed by atoms with van der Waals surface area (Å²) in [5, 5.41) is 0. The van der Waals surface area contributed by atoms with E-state index in [9.17, 15) is 9.18 Å². The number of aromatic nitrogens is 1. The average Bonchev–Trinajstić information content (AvgIpc) is 3.18. The Labute approximate surface area is 164 Å². The molecule has 3 aromatic rings. The summed E-state index contributed by atoms with van der Waals surface area (Å²) < 4.78 is 13.5. The Morgan fingerprint density at radius 1 is 1.07 bits per heavy atom. The number of amides is 1. The quantitative estimate of drug-likeness (QED) is 0.636. The SMILES string of the molecule is Cc1cc(-c2ccccc2)cc(C2CCCN2C(=O)Cc2cccc(F)c2)n1. The molecule has 28 heavy (non-hydrogen) atoms. The molecule has 1 atom stereocenters. The number of benzene rings is 2. The van der Waals surface area contributed by atoms with Crippen molar-refractivity contribution in [3.63, 3.8) is 0 Å². The van der Waals surface area contributed by atoms with Gasteiger partial charge >= 0.3 is 0 Å². The van der Waals surface area contributed by atoms with Crippen LogP contribution < -0.4 is 0 Å². The minimum atomic E-state index is -0.309. The fourth-order valence-corrected chi connectivity index (χ4v) is 3.96. The summed E-state index contributed by atoms with van der Waals surface area (Å²) in [4.78, 5) is 19.6. The van der Waals surface area contributed by atoms with Gasteiger partial charge in [-0.25, -0.2) is 4.39 Å². The van der Waals surface area contributed by atoms with Crippen LogP contribution >= 0.6 is 0 Å². The molecule has 4 heteroatoms. The highest BCUT2D eigenvalue weighted by molar-refractivity contribution is 5.79. The summed E-state index contributed by atoms with van der Waals surface area (Å²) >= 11 is 0. The normalized spacial score (nSPS) is 16.4. The van der Waals surface area contributed by atoms with Crippen molar-refractivity contribution in [2.24, 2.45) is 0 Å². The molecular weight excluding hydrogens is 351 g/mol. The van der Waals surface area contributed by atoms with Crippen LogP contribution in [-0.2, 0) is 11.2 Å². The Hall–Kier alpha value is -3.01. The lowest BCUT2D eigenvalue weighted by molar-refractivity contribution is -0.131. The third-order valence-corrected chi connectivity index (χ3v) is 5.24. The van der Waals surface area contributed by atoms with E-state index in [1.165, 1.54) is 12.1 Å². The molecule has 0 aliphatic carbocycles. The van der Waals surface area contributed by atoms with E-state index in [4.69, 9.17) is 4.98 Å². The van der Waals surface area contributed by atoms with E-state index in [0.29, 0.717) is 5.56 Å². The second-order valence-corrected chi connectivity index (χ2v) is 7.34. The number of likely N-dealkylation sites (tertiary alicyclic amines) is 1. The van der Waals surface area contributed by atoms with Crippen molar-refractivity contribution in [2.45, 2.75) is 32.2 Å². The number of nitrogens with zero attached hydrogens (tertiary/aromatic N) is 2. The second-order valence-electron chi connectivity index (χ2n) is 7.34. The van der Waals surface area contributed by atoms with E-state index < -0.39 is 0 Å². The van der Waals surface area contributed by atoms with Crippen LogP contribution in [0.4, 0.5) is 4.39 Å². The molecule has 0 N–H and O–H groups in total. The van der Waals surface area contributed by atoms with Crippen LogP contribution in [0.5, 0.6) is 0 Å². The first kappa shape index (κ1) is 18.4. The van der Waals surface area contributed by atoms with Crippen molar-refractivity contribution >= 4 is 5.91 Å². The highest BCUT2D eigenvalue weighted by atomic mass is 19.1. The van der Waals surface area contributed by atoms with Crippen LogP contribution in [0, 0.1) is 12.7 Å². The monoisotopic (exact) mass is 374 g/mol. The maximum absolute atomic E-state index is 13.5. The Balaban J connectivity index is 1.59. The van der Waals surface area contributed by atoms with Gasteiger partial charge < -0.3 is 4.90 Å². The molecule has 1 saturated heterocycles. The van der Waals surface area contributed by atoms with Crippen LogP contribution in [0.2, 0.25) is 0 Å². The molecule has 3 nitrogen and oxygen atoms in total. The van der Waals surface area contributed by atoms with Crippen LogP contribution in [-0.4, -0.2) is 22.3 Å². The number of hydrogen-bond donors (Lipinski definition) is 0. The fourth-order valence-electron chi connectivity index (χ4n) is 3.96. The molecule has 1 aliphatic heterocycles. The van der Waals surface area contributed by atoms with Crippen molar-refractivity contribution < 1.29 is 9.18 Å². The van der Waals surface area contributed by atoms with Crippen molar-refractivity contribution in [3.05, 3.63) is 89.5 Å². The Morgan fingerprint density at radius 3 is 2.68 bits per heavy atom. The van der Waals surface area contributed by atoms with Gasteiger partial charge in [0, 0.05) is 12.2 Å². The molecular formula is C24H23FN2O. The zero-order chi connectivity index (χ0) is 19.5. The van der Waals surface area contributed by atoms with Gasteiger partial charge in [-0.15, -0.1) is 0 Å². The Morgan fingerprint density at radius 2 is 1.89 bits per heavy atom. The molecule has 0 bridgehead atoms. The molecule has 2 heterocycles. The number of rotatable bonds is 4. The summed E-state index contributed by atoms with van der Waals surface area (Å²) in [6, 6.07) is 20.6. The Bertz CT molecular complexity index is 987. The standard InChI is InChI=1S/C24H23FN2O/c1-17-13-20(19-8-3-2-4-9-19)16-22(26-17)23-11-6-12-27(23)24(28)15-18-7-5-10-21(25)14-18/h2-5,7-10,13-14,16,23H,6,11-12,15H2,1H3. The van der Waals surface area contributed by atoms with E-state index >= 15 is 0 Å². The second kappa shape index (κ2) is 7.93. The third kappa shape index (κ3) is 3.96. The number of aryl methyl sites for hydroxylation is 1. The maximum Gasteiger partial charge on any atom is 0.227 e. The minimum Gasteiger partial charge on any atom is -0.334 e. The van der Waals surface area contributed by atoms with Gasteiger partial charge in [0.15, 0.2) is 0 Å². The molecule has 1 aliphatic rings. The van der Waals surface area contributed by atoms with Crippen molar-refractivity contribution in [1.82, 2.24) is 9.88 Å². The molecule has 1 amide bonds. The molecule has 2 aromatic carbocycles. The third-order valence-electron chi connectivity index (χ3n) is 5.24. The number of hydrogen-bond acceptors (Lipinski definition) is 2. The van der Waals surface area contributed by atoms with Gasteiger partial charge in [0.05, 0.1) is 18.2 Å². The Kier molecular flexibility index (Phi) is 5.20. The molecule has 0 spiro atoms. The first-order chi connectivity index (χ1) is 13.6. The van der Waals surface area contributed by atoms with Crippen LogP contribution in [0.1, 0.15) is 35.8 Å². The summed E-state index contributed by atoms with van der Waals surface area (Å²) in [5.74, 6) is -0.284. The predicted molar refractivity (Wildman–Crippen MR) is 108 cm³/mol. The first-order valence-electron chi connectivity index (χ1n) is 9.68. The molecule has 4 rings (SSSR count). The fraction of sp³-hybridized carbons (Fsp3) is 0.250. The number of halogens is 1. The zero-order valence-electron chi connectivity index (χ0n) is 15.9. The summed E-state index contributed by atoms with van der Waals surface area (Å²) in [6.07, 6.45) is 2.07. The van der Waals surface area contributed by atoms with Gasteiger partial charge in [-0.3, -0.25) is 9.78 Å². The molecule has 0 saturated carbocycles. The number of pyridine rings is 1. The van der Waals surface area contributed by atoms with Gasteiger partial charge in [0.25, 0.3) is 0 Å². The highest BCUT2D eigenvalue weighted by Gasteiger charge is 2.31. The first-order valence-corrected chi connectivity index (χ1v) is 9.68. The molecule has 1 unspecified atom stereocenters. The predicted octanol–water partition coefficient (Wildman–Crippen LogP) is 5.10. The highest BCUT2D eigenvalue weighted by Crippen LogP contribution is 2.33. The number of carbonyl (C=O) groups excluding carboxylic acids is 1. The average molecular weight is 374 g/mol. The van der Waals surface area contributed by atoms with Crippen LogP contribution in [0.3, 0.4) is 0 Å². The summed E-state index contributed by atoms with van der Waals surface area (Å²) in [5.41, 5.74) is 4.85. The largest absolute Gasteiger partial charge is 0.334 e. The molecule has 1 fully saturated rings. The minimum absolute atomic E-state index is 0.0246. The van der Waals surface area contributed by atoms with E-state index in [1.54, 1.807) is 12.1 Å². The van der Waals surface area contributed by atoms with E-state index in [0.717, 1.165) is 41.9 Å². The number of carbonyl (C=O) groups is 1. The lowest BCUT2D eigenvalue weighted by Crippen LogP contribution is -2.32. The van der Waals surface area contributed by atoms with Gasteiger partial charge in [-0.1, -0.05) is 42.5 Å². The van der Waals surface area contributed by atoms with Gasteiger partial charge in [0.1, 0.15) is 5.82 Å². The van der Waals surface area contributed by atoms with Gasteiger partial charge in [-0.05, 0) is 60.7 Å². The summed E-state index contributed by atoms with van der Waals surface area (Å²) in [7, 11) is 0. The molecule has 142 valence electrons. The topological polar surface area (TPSA) is 33.2 Å². The smallest absolute Gasteiger partial charge is 0.227 e. The maximum atomic E-state index is 13.5. The zero-order valence-corrected chi connectivity index (χ0v) is 15.9.